The Morgan fingerprint density at radius 1 is 0.143 bits per heavy atom. The monoisotopic (exact) mass is 813 g/mol. The average Bonchev–Trinajstić information content (AvgIpc) is 3.20. The van der Waals surface area contributed by atoms with Gasteiger partial charge >= 0.3 is 0 Å². The molecule has 56 heavy (non-hydrogen) atoms. The molecule has 328 valence electrons. The third-order valence-corrected chi connectivity index (χ3v) is 18.8. The van der Waals surface area contributed by atoms with Gasteiger partial charge in [-0.05, 0) is 153 Å². The lowest BCUT2D eigenvalue weighted by atomic mass is 10.1. The van der Waals surface area contributed by atoms with Gasteiger partial charge in [0, 0.05) is 0 Å². The molecule has 0 nitrogen and oxygen atoms in total. The van der Waals surface area contributed by atoms with Crippen molar-refractivity contribution in [2.45, 2.75) is 270 Å². The van der Waals surface area contributed by atoms with Crippen LogP contribution in [-0.4, -0.2) is 37.0 Å². The first-order valence-corrected chi connectivity index (χ1v) is 30.1. The summed E-state index contributed by atoms with van der Waals surface area (Å²) in [4.78, 5) is 0. The zero-order valence-corrected chi connectivity index (χ0v) is 40.1. The SMILES string of the molecule is C1=CCCCCCCCCP2CCCCCCCC/C=C/CCCCCCCCP(CCCCCCCC1)CCCCCCCC/C=C/CCCCCCCC2. The van der Waals surface area contributed by atoms with Gasteiger partial charge in [-0.2, -0.15) is 0 Å². The number of rotatable bonds is 0. The molecule has 0 spiro atoms. The highest BCUT2D eigenvalue weighted by Gasteiger charge is 2.10. The van der Waals surface area contributed by atoms with Crippen molar-refractivity contribution in [3.05, 3.63) is 36.5 Å². The smallest absolute Gasteiger partial charge is 0.0326 e. The summed E-state index contributed by atoms with van der Waals surface area (Å²) < 4.78 is 0. The van der Waals surface area contributed by atoms with Gasteiger partial charge in [0.15, 0.2) is 0 Å². The van der Waals surface area contributed by atoms with Gasteiger partial charge in [0.25, 0.3) is 0 Å². The average molecular weight is 813 g/mol. The minimum absolute atomic E-state index is 0.288. The summed E-state index contributed by atoms with van der Waals surface area (Å²) in [6.45, 7) is 0. The van der Waals surface area contributed by atoms with Crippen LogP contribution in [0.15, 0.2) is 36.5 Å². The molecule has 0 saturated heterocycles. The quantitative estimate of drug-likeness (QED) is 0.169. The topological polar surface area (TPSA) is 0 Å². The summed E-state index contributed by atoms with van der Waals surface area (Å²) in [5.74, 6) is 0. The van der Waals surface area contributed by atoms with Crippen LogP contribution in [-0.2, 0) is 0 Å². The van der Waals surface area contributed by atoms with E-state index in [1.807, 2.05) is 0 Å². The lowest BCUT2D eigenvalue weighted by Gasteiger charge is -2.18. The Kier molecular flexibility index (Phi) is 41.6. The van der Waals surface area contributed by atoms with Crippen molar-refractivity contribution in [1.82, 2.24) is 0 Å². The molecule has 0 aromatic carbocycles. The molecule has 3 heterocycles. The molecule has 0 radical (unpaired) electrons. The number of allylic oxidation sites excluding steroid dienone is 6. The predicted octanol–water partition coefficient (Wildman–Crippen LogP) is 20.0. The van der Waals surface area contributed by atoms with Crippen molar-refractivity contribution in [3.8, 4) is 0 Å². The van der Waals surface area contributed by atoms with Crippen LogP contribution in [0.25, 0.3) is 0 Å². The zero-order valence-electron chi connectivity index (χ0n) is 38.3. The number of hydrogen-bond acceptors (Lipinski definition) is 0. The van der Waals surface area contributed by atoms with E-state index < -0.39 is 0 Å². The molecule has 2 heteroatoms. The maximum Gasteiger partial charge on any atom is -0.0326 e. The Morgan fingerprint density at radius 3 is 0.429 bits per heavy atom. The van der Waals surface area contributed by atoms with Crippen molar-refractivity contribution in [2.75, 3.05) is 37.0 Å². The lowest BCUT2D eigenvalue weighted by molar-refractivity contribution is 0.601. The fourth-order valence-corrected chi connectivity index (χ4v) is 14.6. The second kappa shape index (κ2) is 44.6. The summed E-state index contributed by atoms with van der Waals surface area (Å²) in [7, 11) is 0.576. The minimum atomic E-state index is 0.288. The zero-order chi connectivity index (χ0) is 39.3. The van der Waals surface area contributed by atoms with E-state index in [0.29, 0.717) is 0 Å². The van der Waals surface area contributed by atoms with Crippen LogP contribution in [0.3, 0.4) is 0 Å². The lowest BCUT2D eigenvalue weighted by Crippen LogP contribution is -1.97. The van der Waals surface area contributed by atoms with Gasteiger partial charge in [-0.25, -0.2) is 0 Å². The molecule has 0 amide bonds. The Bertz CT molecular complexity index is 668. The predicted molar refractivity (Wildman–Crippen MR) is 264 cm³/mol. The Morgan fingerprint density at radius 2 is 0.268 bits per heavy atom. The molecule has 0 atom stereocenters. The van der Waals surface area contributed by atoms with Gasteiger partial charge in [-0.1, -0.05) is 191 Å². The van der Waals surface area contributed by atoms with Crippen LogP contribution >= 0.6 is 15.8 Å². The molecule has 0 N–H and O–H groups in total. The highest BCUT2D eigenvalue weighted by Crippen LogP contribution is 2.40. The molecule has 3 rings (SSSR count). The first-order valence-electron chi connectivity index (χ1n) is 26.3. The summed E-state index contributed by atoms with van der Waals surface area (Å²) in [5, 5.41) is 0. The molecule has 0 fully saturated rings. The molecule has 3 aliphatic rings. The highest BCUT2D eigenvalue weighted by atomic mass is 31.1. The summed E-state index contributed by atoms with van der Waals surface area (Å²) >= 11 is 0. The van der Waals surface area contributed by atoms with Crippen LogP contribution < -0.4 is 0 Å². The molecule has 0 aromatic heterocycles. The minimum Gasteiger partial charge on any atom is -0.107 e. The van der Waals surface area contributed by atoms with Gasteiger partial charge in [0.2, 0.25) is 0 Å². The van der Waals surface area contributed by atoms with Gasteiger partial charge in [-0.3, -0.25) is 0 Å². The van der Waals surface area contributed by atoms with Crippen molar-refractivity contribution in [1.29, 1.82) is 0 Å². The van der Waals surface area contributed by atoms with E-state index in [1.165, 1.54) is 270 Å². The van der Waals surface area contributed by atoms with Crippen LogP contribution in [0.4, 0.5) is 0 Å². The molecule has 3 aliphatic heterocycles. The van der Waals surface area contributed by atoms with E-state index >= 15 is 0 Å². The van der Waals surface area contributed by atoms with Crippen LogP contribution in [0.1, 0.15) is 270 Å². The molecule has 2 bridgehead atoms. The van der Waals surface area contributed by atoms with E-state index in [4.69, 9.17) is 0 Å². The third-order valence-electron chi connectivity index (χ3n) is 13.1. The van der Waals surface area contributed by atoms with E-state index in [1.54, 1.807) is 37.0 Å². The van der Waals surface area contributed by atoms with Gasteiger partial charge < -0.3 is 0 Å². The first kappa shape index (κ1) is 52.2. The van der Waals surface area contributed by atoms with E-state index in [2.05, 4.69) is 36.5 Å². The van der Waals surface area contributed by atoms with Crippen LogP contribution in [0.2, 0.25) is 0 Å². The molecule has 0 aliphatic carbocycles. The molecular weight excluding hydrogens is 711 g/mol. The Balaban J connectivity index is 1.88. The molecule has 0 aromatic rings. The fourth-order valence-electron chi connectivity index (χ4n) is 9.21. The summed E-state index contributed by atoms with van der Waals surface area (Å²) in [6.07, 6.45) is 85.6. The third kappa shape index (κ3) is 38.3. The highest BCUT2D eigenvalue weighted by molar-refractivity contribution is 7.57. The van der Waals surface area contributed by atoms with E-state index in [0.717, 1.165) is 0 Å². The standard InChI is InChI=1S/C54H102P2/c1-2-8-14-20-26-32-38-44-50-56-53-47-41-35-29-23-17-11-5-3-9-15-21-27-33-39-45-51-55(49-43-37-31-25-19-13-7-1)52-46-40-34-28-22-16-10-4-6-12-18-24-30-36-42-48-54-56/h1-6H,7-54H2/b2-1+,5-3+,6-4?. The normalized spacial score (nSPS) is 27.3. The number of fused-ring (bicyclic) bond motifs is 48. The fraction of sp³-hybridized carbons (Fsp3) is 0.889. The molecular formula is C54H102P2. The Hall–Kier alpha value is 0.0800. The summed E-state index contributed by atoms with van der Waals surface area (Å²) in [6, 6.07) is 0. The van der Waals surface area contributed by atoms with Crippen LogP contribution in [0, 0.1) is 0 Å². The van der Waals surface area contributed by atoms with Gasteiger partial charge in [0.05, 0.1) is 0 Å². The van der Waals surface area contributed by atoms with Gasteiger partial charge in [0.1, 0.15) is 0 Å². The maximum absolute atomic E-state index is 2.51. The van der Waals surface area contributed by atoms with E-state index in [9.17, 15) is 0 Å². The molecule has 0 saturated carbocycles. The second-order valence-corrected chi connectivity index (χ2v) is 23.9. The first-order chi connectivity index (χ1) is 27.9. The Labute approximate surface area is 357 Å². The van der Waals surface area contributed by atoms with E-state index in [-0.39, 0.29) is 15.8 Å². The maximum atomic E-state index is 2.51. The van der Waals surface area contributed by atoms with Crippen molar-refractivity contribution in [3.63, 3.8) is 0 Å². The summed E-state index contributed by atoms with van der Waals surface area (Å²) in [5.41, 5.74) is 0. The molecule has 0 unspecified atom stereocenters. The largest absolute Gasteiger partial charge is 0.107 e. The van der Waals surface area contributed by atoms with Crippen molar-refractivity contribution >= 4 is 15.8 Å². The van der Waals surface area contributed by atoms with Gasteiger partial charge in [-0.15, -0.1) is 15.8 Å². The van der Waals surface area contributed by atoms with Crippen molar-refractivity contribution in [2.24, 2.45) is 0 Å². The van der Waals surface area contributed by atoms with Crippen LogP contribution in [0.5, 0.6) is 0 Å². The second-order valence-electron chi connectivity index (χ2n) is 18.6. The van der Waals surface area contributed by atoms with Crippen molar-refractivity contribution < 1.29 is 0 Å². The number of hydrogen-bond donors (Lipinski definition) is 0.